The van der Waals surface area contributed by atoms with Crippen LogP contribution in [0.3, 0.4) is 0 Å². The Labute approximate surface area is 110 Å². The van der Waals surface area contributed by atoms with E-state index in [-0.39, 0.29) is 0 Å². The Balaban J connectivity index is 2.01. The summed E-state index contributed by atoms with van der Waals surface area (Å²) < 4.78 is 0. The molecule has 0 spiro atoms. The molecule has 1 aromatic heterocycles. The summed E-state index contributed by atoms with van der Waals surface area (Å²) in [4.78, 5) is 9.20. The molecule has 100 valence electrons. The Morgan fingerprint density at radius 2 is 2.06 bits per heavy atom. The molecule has 4 nitrogen and oxygen atoms in total. The van der Waals surface area contributed by atoms with Crippen LogP contribution in [0.5, 0.6) is 0 Å². The molecule has 1 aliphatic heterocycles. The topological polar surface area (TPSA) is 45.4 Å². The molecule has 0 saturated carbocycles. The van der Waals surface area contributed by atoms with E-state index in [1.54, 1.807) is 0 Å². The molecule has 0 aliphatic carbocycles. The fraction of sp³-hybridized carbons (Fsp3) is 0.643. The maximum Gasteiger partial charge on any atom is 0.0599 e. The molecule has 1 aromatic rings. The minimum Gasteiger partial charge on any atom is -0.367 e. The van der Waals surface area contributed by atoms with Crippen molar-refractivity contribution < 1.29 is 0 Å². The van der Waals surface area contributed by atoms with Gasteiger partial charge < -0.3 is 10.6 Å². The molecule has 1 fully saturated rings. The number of pyridine rings is 1. The maximum atomic E-state index is 5.79. The Hall–Kier alpha value is -1.13. The molecular weight excluding hydrogens is 224 g/mol. The number of aromatic nitrogens is 1. The lowest BCUT2D eigenvalue weighted by molar-refractivity contribution is 0.192. The molecule has 1 saturated heterocycles. The summed E-state index contributed by atoms with van der Waals surface area (Å²) >= 11 is 0. The van der Waals surface area contributed by atoms with Crippen LogP contribution in [-0.4, -0.2) is 42.1 Å². The second kappa shape index (κ2) is 6.16. The van der Waals surface area contributed by atoms with Gasteiger partial charge in [-0.2, -0.15) is 0 Å². The van der Waals surface area contributed by atoms with Gasteiger partial charge in [-0.15, -0.1) is 0 Å². The molecule has 2 rings (SSSR count). The van der Waals surface area contributed by atoms with E-state index in [2.05, 4.69) is 28.6 Å². The van der Waals surface area contributed by atoms with Gasteiger partial charge in [0, 0.05) is 45.0 Å². The van der Waals surface area contributed by atoms with Gasteiger partial charge in [0.15, 0.2) is 0 Å². The third kappa shape index (κ3) is 2.82. The number of nitrogens with two attached hydrogens (primary N) is 1. The van der Waals surface area contributed by atoms with Crippen LogP contribution in [0.25, 0.3) is 0 Å². The van der Waals surface area contributed by atoms with E-state index in [1.807, 2.05) is 18.5 Å². The second-order valence-electron chi connectivity index (χ2n) is 4.99. The Bertz CT molecular complexity index is 372. The molecule has 1 atom stereocenters. The maximum absolute atomic E-state index is 5.79. The van der Waals surface area contributed by atoms with Crippen molar-refractivity contribution >= 4 is 5.69 Å². The molecule has 4 heteroatoms. The number of piperazine rings is 1. The summed E-state index contributed by atoms with van der Waals surface area (Å²) in [6, 6.07) is 2.71. The van der Waals surface area contributed by atoms with E-state index in [1.165, 1.54) is 17.7 Å². The first-order chi connectivity index (χ1) is 8.76. The van der Waals surface area contributed by atoms with Crippen LogP contribution in [-0.2, 0) is 6.54 Å². The summed E-state index contributed by atoms with van der Waals surface area (Å²) in [6.07, 6.45) is 4.99. The molecule has 1 aliphatic rings. The number of hydrogen-bond donors (Lipinski definition) is 1. The Morgan fingerprint density at radius 3 is 2.67 bits per heavy atom. The van der Waals surface area contributed by atoms with Gasteiger partial charge in [0.05, 0.1) is 11.9 Å². The number of rotatable bonds is 4. The van der Waals surface area contributed by atoms with Crippen molar-refractivity contribution in [1.29, 1.82) is 0 Å². The van der Waals surface area contributed by atoms with Gasteiger partial charge in [0.1, 0.15) is 0 Å². The monoisotopic (exact) mass is 248 g/mol. The highest BCUT2D eigenvalue weighted by Gasteiger charge is 2.21. The van der Waals surface area contributed by atoms with Crippen LogP contribution in [0, 0.1) is 0 Å². The largest absolute Gasteiger partial charge is 0.367 e. The minimum atomic E-state index is 0.587. The van der Waals surface area contributed by atoms with Gasteiger partial charge in [-0.1, -0.05) is 6.92 Å². The molecule has 2 N–H and O–H groups in total. The van der Waals surface area contributed by atoms with Gasteiger partial charge in [-0.05, 0) is 25.0 Å². The summed E-state index contributed by atoms with van der Waals surface area (Å²) in [6.45, 7) is 9.56. The quantitative estimate of drug-likeness (QED) is 0.876. The standard InChI is InChI=1S/C14H24N4/c1-3-12(2)17-6-8-18(9-7-17)14-11-16-5-4-13(14)10-15/h4-5,11-12H,3,6-10,15H2,1-2H3. The predicted octanol–water partition coefficient (Wildman–Crippen LogP) is 1.46. The normalized spacial score (nSPS) is 18.9. The lowest BCUT2D eigenvalue weighted by Crippen LogP contribution is -2.49. The number of hydrogen-bond acceptors (Lipinski definition) is 4. The Kier molecular flexibility index (Phi) is 4.55. The van der Waals surface area contributed by atoms with Crippen LogP contribution in [0.1, 0.15) is 25.8 Å². The van der Waals surface area contributed by atoms with E-state index >= 15 is 0 Å². The minimum absolute atomic E-state index is 0.587. The summed E-state index contributed by atoms with van der Waals surface area (Å²) in [5.41, 5.74) is 8.20. The van der Waals surface area contributed by atoms with Crippen molar-refractivity contribution in [3.05, 3.63) is 24.0 Å². The molecule has 18 heavy (non-hydrogen) atoms. The Morgan fingerprint density at radius 1 is 1.33 bits per heavy atom. The van der Waals surface area contributed by atoms with E-state index in [4.69, 9.17) is 5.73 Å². The summed E-state index contributed by atoms with van der Waals surface area (Å²) in [5, 5.41) is 0. The molecule has 1 unspecified atom stereocenters. The van der Waals surface area contributed by atoms with Gasteiger partial charge in [0.2, 0.25) is 0 Å². The van der Waals surface area contributed by atoms with Crippen molar-refractivity contribution in [2.24, 2.45) is 5.73 Å². The van der Waals surface area contributed by atoms with Crippen LogP contribution in [0.2, 0.25) is 0 Å². The zero-order valence-corrected chi connectivity index (χ0v) is 11.5. The van der Waals surface area contributed by atoms with Gasteiger partial charge in [-0.3, -0.25) is 9.88 Å². The fourth-order valence-corrected chi connectivity index (χ4v) is 2.53. The molecule has 2 heterocycles. The van der Waals surface area contributed by atoms with E-state index < -0.39 is 0 Å². The summed E-state index contributed by atoms with van der Waals surface area (Å²) in [5.74, 6) is 0. The molecule has 0 radical (unpaired) electrons. The van der Waals surface area contributed by atoms with Gasteiger partial charge >= 0.3 is 0 Å². The molecular formula is C14H24N4. The first-order valence-electron chi connectivity index (χ1n) is 6.88. The number of nitrogens with zero attached hydrogens (tertiary/aromatic N) is 3. The highest BCUT2D eigenvalue weighted by Crippen LogP contribution is 2.21. The van der Waals surface area contributed by atoms with Crippen LogP contribution >= 0.6 is 0 Å². The van der Waals surface area contributed by atoms with Crippen molar-refractivity contribution in [2.75, 3.05) is 31.1 Å². The van der Waals surface area contributed by atoms with E-state index in [0.717, 1.165) is 26.2 Å². The smallest absolute Gasteiger partial charge is 0.0599 e. The van der Waals surface area contributed by atoms with Crippen LogP contribution < -0.4 is 10.6 Å². The second-order valence-corrected chi connectivity index (χ2v) is 4.99. The fourth-order valence-electron chi connectivity index (χ4n) is 2.53. The lowest BCUT2D eigenvalue weighted by atomic mass is 10.1. The highest BCUT2D eigenvalue weighted by molar-refractivity contribution is 5.52. The number of anilines is 1. The van der Waals surface area contributed by atoms with Crippen molar-refractivity contribution in [3.63, 3.8) is 0 Å². The SMILES string of the molecule is CCC(C)N1CCN(c2cnccc2CN)CC1. The van der Waals surface area contributed by atoms with Crippen molar-refractivity contribution in [3.8, 4) is 0 Å². The average Bonchev–Trinajstić information content (AvgIpc) is 2.46. The average molecular weight is 248 g/mol. The zero-order chi connectivity index (χ0) is 13.0. The van der Waals surface area contributed by atoms with Crippen LogP contribution in [0.4, 0.5) is 5.69 Å². The molecule has 0 bridgehead atoms. The summed E-state index contributed by atoms with van der Waals surface area (Å²) in [7, 11) is 0. The highest BCUT2D eigenvalue weighted by atomic mass is 15.3. The lowest BCUT2D eigenvalue weighted by Gasteiger charge is -2.39. The molecule has 0 amide bonds. The van der Waals surface area contributed by atoms with Crippen molar-refractivity contribution in [1.82, 2.24) is 9.88 Å². The van der Waals surface area contributed by atoms with Crippen LogP contribution in [0.15, 0.2) is 18.5 Å². The first kappa shape index (κ1) is 13.3. The predicted molar refractivity (Wildman–Crippen MR) is 75.7 cm³/mol. The third-order valence-electron chi connectivity index (χ3n) is 3.98. The van der Waals surface area contributed by atoms with Gasteiger partial charge in [0.25, 0.3) is 0 Å². The third-order valence-corrected chi connectivity index (χ3v) is 3.98. The first-order valence-corrected chi connectivity index (χ1v) is 6.88. The zero-order valence-electron chi connectivity index (χ0n) is 11.5. The van der Waals surface area contributed by atoms with E-state index in [0.29, 0.717) is 12.6 Å². The van der Waals surface area contributed by atoms with Gasteiger partial charge in [-0.25, -0.2) is 0 Å². The molecule has 0 aromatic carbocycles. The van der Waals surface area contributed by atoms with E-state index in [9.17, 15) is 0 Å². The van der Waals surface area contributed by atoms with Crippen molar-refractivity contribution in [2.45, 2.75) is 32.9 Å².